The summed E-state index contributed by atoms with van der Waals surface area (Å²) in [7, 11) is 0. The van der Waals surface area contributed by atoms with Crippen molar-refractivity contribution in [3.05, 3.63) is 28.8 Å². The molecule has 0 amide bonds. The molecule has 1 aromatic rings. The molecule has 1 aromatic heterocycles. The maximum atomic E-state index is 13.6. The van der Waals surface area contributed by atoms with E-state index in [1.807, 2.05) is 0 Å². The summed E-state index contributed by atoms with van der Waals surface area (Å²) in [5.41, 5.74) is -2.59. The number of alkyl halides is 2. The molecule has 0 radical (unpaired) electrons. The Kier molecular flexibility index (Phi) is 4.04. The average Bonchev–Trinajstić information content (AvgIpc) is 2.27. The van der Waals surface area contributed by atoms with E-state index in [0.717, 1.165) is 6.20 Å². The van der Waals surface area contributed by atoms with E-state index in [9.17, 15) is 18.0 Å². The van der Waals surface area contributed by atoms with Gasteiger partial charge in [-0.25, -0.2) is 22.9 Å². The van der Waals surface area contributed by atoms with Gasteiger partial charge in [0.25, 0.3) is 6.43 Å². The Hall–Kier alpha value is -2.10. The van der Waals surface area contributed by atoms with E-state index < -0.39 is 35.0 Å². The van der Waals surface area contributed by atoms with Crippen LogP contribution in [0.4, 0.5) is 13.2 Å². The number of carbonyl (C=O) groups is 1. The number of hydrogen-bond donors (Lipinski definition) is 0. The standard InChI is InChI=1S/C10H7F3N2O2/c1-2-17-10(16)8-7(11)6(9(12)13)5(3-14)4-15-8/h4,9H,2H2,1H3. The Bertz CT molecular complexity index is 483. The molecule has 0 saturated carbocycles. The molecule has 0 atom stereocenters. The monoisotopic (exact) mass is 244 g/mol. The van der Waals surface area contributed by atoms with Gasteiger partial charge in [0, 0.05) is 6.20 Å². The molecule has 90 valence electrons. The lowest BCUT2D eigenvalue weighted by molar-refractivity contribution is 0.0512. The van der Waals surface area contributed by atoms with Crippen LogP contribution in [0.5, 0.6) is 0 Å². The van der Waals surface area contributed by atoms with Gasteiger partial charge in [-0.15, -0.1) is 0 Å². The summed E-state index contributed by atoms with van der Waals surface area (Å²) in [6, 6.07) is 1.38. The minimum Gasteiger partial charge on any atom is -0.461 e. The number of ether oxygens (including phenoxy) is 1. The zero-order valence-corrected chi connectivity index (χ0v) is 8.71. The molecule has 0 aliphatic heterocycles. The molecule has 0 aliphatic carbocycles. The van der Waals surface area contributed by atoms with Crippen molar-refractivity contribution in [1.82, 2.24) is 4.98 Å². The van der Waals surface area contributed by atoms with Gasteiger partial charge >= 0.3 is 5.97 Å². The van der Waals surface area contributed by atoms with E-state index in [4.69, 9.17) is 5.26 Å². The van der Waals surface area contributed by atoms with Gasteiger partial charge in [-0.2, -0.15) is 5.26 Å². The number of rotatable bonds is 3. The first kappa shape index (κ1) is 13.0. The average molecular weight is 244 g/mol. The van der Waals surface area contributed by atoms with Crippen LogP contribution < -0.4 is 0 Å². The fourth-order valence-corrected chi connectivity index (χ4v) is 1.15. The first-order chi connectivity index (χ1) is 8.02. The van der Waals surface area contributed by atoms with Crippen molar-refractivity contribution < 1.29 is 22.7 Å². The third kappa shape index (κ3) is 2.53. The van der Waals surface area contributed by atoms with Crippen LogP contribution in [0.25, 0.3) is 0 Å². The van der Waals surface area contributed by atoms with E-state index in [1.54, 1.807) is 0 Å². The van der Waals surface area contributed by atoms with E-state index in [0.29, 0.717) is 0 Å². The van der Waals surface area contributed by atoms with Crippen molar-refractivity contribution in [2.45, 2.75) is 13.3 Å². The van der Waals surface area contributed by atoms with Crippen LogP contribution in [-0.2, 0) is 4.74 Å². The molecule has 0 aliphatic rings. The van der Waals surface area contributed by atoms with Crippen molar-refractivity contribution >= 4 is 5.97 Å². The SMILES string of the molecule is CCOC(=O)c1ncc(C#N)c(C(F)F)c1F. The molecule has 1 heterocycles. The number of pyridine rings is 1. The summed E-state index contributed by atoms with van der Waals surface area (Å²) in [4.78, 5) is 14.5. The highest BCUT2D eigenvalue weighted by molar-refractivity contribution is 5.88. The lowest BCUT2D eigenvalue weighted by atomic mass is 10.1. The Morgan fingerprint density at radius 3 is 2.76 bits per heavy atom. The number of halogens is 3. The van der Waals surface area contributed by atoms with Crippen LogP contribution in [0.3, 0.4) is 0 Å². The number of hydrogen-bond acceptors (Lipinski definition) is 4. The van der Waals surface area contributed by atoms with Crippen LogP contribution in [0.15, 0.2) is 6.20 Å². The Morgan fingerprint density at radius 2 is 2.29 bits per heavy atom. The molecule has 7 heteroatoms. The summed E-state index contributed by atoms with van der Waals surface area (Å²) in [5.74, 6) is -2.66. The molecule has 0 fully saturated rings. The minimum absolute atomic E-state index is 0.0377. The highest BCUT2D eigenvalue weighted by atomic mass is 19.3. The third-order valence-electron chi connectivity index (χ3n) is 1.86. The molecule has 4 nitrogen and oxygen atoms in total. The molecular weight excluding hydrogens is 237 g/mol. The highest BCUT2D eigenvalue weighted by Gasteiger charge is 2.26. The van der Waals surface area contributed by atoms with Crippen molar-refractivity contribution in [1.29, 1.82) is 5.26 Å². The molecule has 1 rings (SSSR count). The summed E-state index contributed by atoms with van der Waals surface area (Å²) in [6.07, 6.45) is -2.49. The van der Waals surface area contributed by atoms with E-state index in [1.165, 1.54) is 13.0 Å². The first-order valence-electron chi connectivity index (χ1n) is 4.56. The Labute approximate surface area is 94.6 Å². The third-order valence-corrected chi connectivity index (χ3v) is 1.86. The predicted molar refractivity (Wildman–Crippen MR) is 49.8 cm³/mol. The second-order valence-electron chi connectivity index (χ2n) is 2.88. The van der Waals surface area contributed by atoms with Gasteiger partial charge < -0.3 is 4.74 Å². The number of nitriles is 1. The van der Waals surface area contributed by atoms with Crippen molar-refractivity contribution in [2.24, 2.45) is 0 Å². The lowest BCUT2D eigenvalue weighted by Crippen LogP contribution is -2.13. The second kappa shape index (κ2) is 5.30. The van der Waals surface area contributed by atoms with Gasteiger partial charge in [-0.3, -0.25) is 0 Å². The molecule has 0 unspecified atom stereocenters. The van der Waals surface area contributed by atoms with Gasteiger partial charge in [0.1, 0.15) is 6.07 Å². The predicted octanol–water partition coefficient (Wildman–Crippen LogP) is 2.21. The minimum atomic E-state index is -3.21. The highest BCUT2D eigenvalue weighted by Crippen LogP contribution is 2.26. The van der Waals surface area contributed by atoms with Crippen LogP contribution in [0, 0.1) is 17.1 Å². The largest absolute Gasteiger partial charge is 0.461 e. The Morgan fingerprint density at radius 1 is 1.65 bits per heavy atom. The number of esters is 1. The van der Waals surface area contributed by atoms with Crippen molar-refractivity contribution in [2.75, 3.05) is 6.61 Å². The van der Waals surface area contributed by atoms with Crippen LogP contribution >= 0.6 is 0 Å². The smallest absolute Gasteiger partial charge is 0.360 e. The fourth-order valence-electron chi connectivity index (χ4n) is 1.15. The van der Waals surface area contributed by atoms with E-state index in [2.05, 4.69) is 9.72 Å². The second-order valence-corrected chi connectivity index (χ2v) is 2.88. The summed E-state index contributed by atoms with van der Waals surface area (Å²) in [6.45, 7) is 1.44. The van der Waals surface area contributed by atoms with Crippen LogP contribution in [0.1, 0.15) is 35.0 Å². The van der Waals surface area contributed by atoms with E-state index in [-0.39, 0.29) is 6.61 Å². The molecule has 0 N–H and O–H groups in total. The van der Waals surface area contributed by atoms with Gasteiger partial charge in [0.15, 0.2) is 11.5 Å². The van der Waals surface area contributed by atoms with Gasteiger partial charge in [0.05, 0.1) is 17.7 Å². The Balaban J connectivity index is 3.34. The molecule has 0 saturated heterocycles. The molecule has 0 spiro atoms. The van der Waals surface area contributed by atoms with E-state index >= 15 is 0 Å². The topological polar surface area (TPSA) is 63.0 Å². The quantitative estimate of drug-likeness (QED) is 0.764. The lowest BCUT2D eigenvalue weighted by Gasteiger charge is -2.07. The number of nitrogens with zero attached hydrogens (tertiary/aromatic N) is 2. The van der Waals surface area contributed by atoms with Crippen LogP contribution in [0.2, 0.25) is 0 Å². The molecular formula is C10H7F3N2O2. The maximum Gasteiger partial charge on any atom is 0.360 e. The molecule has 17 heavy (non-hydrogen) atoms. The molecule has 0 bridgehead atoms. The summed E-state index contributed by atoms with van der Waals surface area (Å²) in [5, 5.41) is 8.52. The number of carbonyl (C=O) groups excluding carboxylic acids is 1. The number of aromatic nitrogens is 1. The zero-order chi connectivity index (χ0) is 13.0. The summed E-state index contributed by atoms with van der Waals surface area (Å²) >= 11 is 0. The molecule has 0 aromatic carbocycles. The van der Waals surface area contributed by atoms with Crippen molar-refractivity contribution in [3.8, 4) is 6.07 Å². The zero-order valence-electron chi connectivity index (χ0n) is 8.71. The van der Waals surface area contributed by atoms with Gasteiger partial charge in [0.2, 0.25) is 0 Å². The van der Waals surface area contributed by atoms with Crippen LogP contribution in [-0.4, -0.2) is 17.6 Å². The first-order valence-corrected chi connectivity index (χ1v) is 4.56. The van der Waals surface area contributed by atoms with Crippen molar-refractivity contribution in [3.63, 3.8) is 0 Å². The van der Waals surface area contributed by atoms with Gasteiger partial charge in [-0.05, 0) is 6.92 Å². The van der Waals surface area contributed by atoms with Gasteiger partial charge in [-0.1, -0.05) is 0 Å². The normalized spacial score (nSPS) is 10.1. The summed E-state index contributed by atoms with van der Waals surface area (Å²) < 4.78 is 43.1. The maximum absolute atomic E-state index is 13.6. The fraction of sp³-hybridized carbons (Fsp3) is 0.300.